The fraction of sp³-hybridized carbons (Fsp3) is 0.250. The van der Waals surface area contributed by atoms with Crippen LogP contribution in [0.4, 0.5) is 11.5 Å². The average molecular weight is 383 g/mol. The number of hydrogen-bond donors (Lipinski definition) is 2. The molecule has 3 rings (SSSR count). The minimum absolute atomic E-state index is 0. The molecule has 3 aromatic heterocycles. The van der Waals surface area contributed by atoms with Gasteiger partial charge >= 0.3 is 0 Å². The molecule has 3 heterocycles. The van der Waals surface area contributed by atoms with E-state index in [2.05, 4.69) is 20.4 Å². The second-order valence-electron chi connectivity index (χ2n) is 5.64. The van der Waals surface area contributed by atoms with Gasteiger partial charge in [0.25, 0.3) is 5.91 Å². The highest BCUT2D eigenvalue weighted by molar-refractivity contribution is 6.06. The Kier molecular flexibility index (Phi) is 6.72. The number of nitrogens with two attached hydrogens (primary N) is 1. The zero-order chi connectivity index (χ0) is 16.6. The molecule has 0 saturated carbocycles. The summed E-state index contributed by atoms with van der Waals surface area (Å²) in [7, 11) is 0. The van der Waals surface area contributed by atoms with E-state index < -0.39 is 0 Å². The number of hydrogen-bond acceptors (Lipinski definition) is 5. The standard InChI is InChI=1S/C16H18N6O.2ClH/c1-9(2)22-15-11(7-19-22)6-13(10(3)20-15)16(23)21-12-4-5-14(17)18-8-12;;/h4-9H,1-3H3,(H2,17,18)(H,21,23);2*1H. The fourth-order valence-corrected chi connectivity index (χ4v) is 2.35. The van der Waals surface area contributed by atoms with Crippen LogP contribution in [0.25, 0.3) is 11.0 Å². The molecule has 0 bridgehead atoms. The van der Waals surface area contributed by atoms with Crippen LogP contribution in [-0.2, 0) is 0 Å². The molecule has 0 aliphatic rings. The van der Waals surface area contributed by atoms with Crippen molar-refractivity contribution in [3.63, 3.8) is 0 Å². The van der Waals surface area contributed by atoms with Crippen molar-refractivity contribution in [3.05, 3.63) is 41.9 Å². The van der Waals surface area contributed by atoms with Gasteiger partial charge in [-0.05, 0) is 39.0 Å². The van der Waals surface area contributed by atoms with E-state index >= 15 is 0 Å². The van der Waals surface area contributed by atoms with Crippen LogP contribution in [0.2, 0.25) is 0 Å². The number of nitrogen functional groups attached to an aromatic ring is 1. The predicted octanol–water partition coefficient (Wildman–Crippen LogP) is 3.39. The van der Waals surface area contributed by atoms with Crippen molar-refractivity contribution >= 4 is 53.3 Å². The van der Waals surface area contributed by atoms with Crippen LogP contribution < -0.4 is 11.1 Å². The van der Waals surface area contributed by atoms with Crippen LogP contribution >= 0.6 is 24.8 Å². The normalized spacial score (nSPS) is 10.2. The van der Waals surface area contributed by atoms with Crippen molar-refractivity contribution in [2.45, 2.75) is 26.8 Å². The largest absolute Gasteiger partial charge is 0.384 e. The van der Waals surface area contributed by atoms with Crippen molar-refractivity contribution in [3.8, 4) is 0 Å². The first-order valence-corrected chi connectivity index (χ1v) is 7.33. The summed E-state index contributed by atoms with van der Waals surface area (Å²) < 4.78 is 1.84. The molecule has 0 aliphatic carbocycles. The van der Waals surface area contributed by atoms with Gasteiger partial charge in [0.15, 0.2) is 5.65 Å². The van der Waals surface area contributed by atoms with Gasteiger partial charge < -0.3 is 11.1 Å². The van der Waals surface area contributed by atoms with Crippen molar-refractivity contribution in [2.24, 2.45) is 0 Å². The van der Waals surface area contributed by atoms with Gasteiger partial charge in [0.2, 0.25) is 0 Å². The van der Waals surface area contributed by atoms with Crippen LogP contribution in [0.3, 0.4) is 0 Å². The first kappa shape index (κ1) is 20.7. The van der Waals surface area contributed by atoms with Gasteiger partial charge in [0.1, 0.15) is 5.82 Å². The summed E-state index contributed by atoms with van der Waals surface area (Å²) in [5.41, 5.74) is 8.07. The lowest BCUT2D eigenvalue weighted by molar-refractivity contribution is 0.102. The zero-order valence-electron chi connectivity index (χ0n) is 14.1. The molecule has 0 spiro atoms. The van der Waals surface area contributed by atoms with Crippen molar-refractivity contribution < 1.29 is 4.79 Å². The van der Waals surface area contributed by atoms with Crippen LogP contribution in [0.5, 0.6) is 0 Å². The number of anilines is 2. The molecule has 7 nitrogen and oxygen atoms in total. The molecule has 9 heteroatoms. The van der Waals surface area contributed by atoms with Crippen molar-refractivity contribution in [1.82, 2.24) is 19.7 Å². The molecule has 3 N–H and O–H groups in total. The smallest absolute Gasteiger partial charge is 0.257 e. The van der Waals surface area contributed by atoms with Crippen LogP contribution in [0.15, 0.2) is 30.6 Å². The first-order chi connectivity index (χ1) is 11.0. The van der Waals surface area contributed by atoms with E-state index in [-0.39, 0.29) is 36.8 Å². The van der Waals surface area contributed by atoms with E-state index in [1.165, 1.54) is 6.20 Å². The number of fused-ring (bicyclic) bond motifs is 1. The Morgan fingerprint density at radius 3 is 2.56 bits per heavy atom. The first-order valence-electron chi connectivity index (χ1n) is 7.33. The molecule has 0 unspecified atom stereocenters. The average Bonchev–Trinajstić information content (AvgIpc) is 2.91. The molecule has 0 atom stereocenters. The van der Waals surface area contributed by atoms with Crippen LogP contribution in [-0.4, -0.2) is 25.7 Å². The Morgan fingerprint density at radius 2 is 1.96 bits per heavy atom. The number of aromatic nitrogens is 4. The summed E-state index contributed by atoms with van der Waals surface area (Å²) in [6.45, 7) is 5.89. The van der Waals surface area contributed by atoms with Crippen LogP contribution in [0.1, 0.15) is 35.9 Å². The van der Waals surface area contributed by atoms with Gasteiger partial charge in [-0.3, -0.25) is 4.79 Å². The third-order valence-corrected chi connectivity index (χ3v) is 3.54. The van der Waals surface area contributed by atoms with Gasteiger partial charge in [0.05, 0.1) is 29.3 Å². The summed E-state index contributed by atoms with van der Waals surface area (Å²) in [5, 5.41) is 7.96. The molecule has 0 saturated heterocycles. The fourth-order valence-electron chi connectivity index (χ4n) is 2.35. The zero-order valence-corrected chi connectivity index (χ0v) is 15.7. The topological polar surface area (TPSA) is 98.7 Å². The van der Waals surface area contributed by atoms with Gasteiger partial charge in [-0.2, -0.15) is 5.10 Å². The molecular weight excluding hydrogens is 363 g/mol. The Balaban J connectivity index is 0.00000156. The number of nitrogens with zero attached hydrogens (tertiary/aromatic N) is 4. The minimum Gasteiger partial charge on any atom is -0.384 e. The highest BCUT2D eigenvalue weighted by Crippen LogP contribution is 2.20. The number of rotatable bonds is 3. The summed E-state index contributed by atoms with van der Waals surface area (Å²) >= 11 is 0. The quantitative estimate of drug-likeness (QED) is 0.722. The third kappa shape index (κ3) is 4.18. The van der Waals surface area contributed by atoms with E-state index in [0.29, 0.717) is 22.8 Å². The van der Waals surface area contributed by atoms with Crippen LogP contribution in [0, 0.1) is 6.92 Å². The van der Waals surface area contributed by atoms with Gasteiger partial charge in [-0.15, -0.1) is 24.8 Å². The highest BCUT2D eigenvalue weighted by Gasteiger charge is 2.15. The Bertz CT molecular complexity index is 876. The van der Waals surface area contributed by atoms with E-state index in [4.69, 9.17) is 5.73 Å². The molecule has 0 fully saturated rings. The van der Waals surface area contributed by atoms with Crippen molar-refractivity contribution in [1.29, 1.82) is 0 Å². The molecular formula is C16H20Cl2N6O. The number of carbonyl (C=O) groups is 1. The summed E-state index contributed by atoms with van der Waals surface area (Å²) in [5.74, 6) is 0.170. The van der Waals surface area contributed by atoms with Gasteiger partial charge in [-0.1, -0.05) is 0 Å². The lowest BCUT2D eigenvalue weighted by Crippen LogP contribution is -2.15. The maximum Gasteiger partial charge on any atom is 0.257 e. The van der Waals surface area contributed by atoms with E-state index in [1.807, 2.05) is 31.5 Å². The monoisotopic (exact) mass is 382 g/mol. The minimum atomic E-state index is -0.235. The van der Waals surface area contributed by atoms with E-state index in [9.17, 15) is 4.79 Å². The van der Waals surface area contributed by atoms with E-state index in [0.717, 1.165) is 11.0 Å². The predicted molar refractivity (Wildman–Crippen MR) is 104 cm³/mol. The second-order valence-corrected chi connectivity index (χ2v) is 5.64. The number of pyridine rings is 2. The molecule has 25 heavy (non-hydrogen) atoms. The SMILES string of the molecule is Cc1nc2c(cnn2C(C)C)cc1C(=O)Nc1ccc(N)nc1.Cl.Cl. The molecule has 0 radical (unpaired) electrons. The molecule has 134 valence electrons. The second kappa shape index (κ2) is 8.13. The molecule has 1 amide bonds. The van der Waals surface area contributed by atoms with E-state index in [1.54, 1.807) is 18.3 Å². The molecule has 0 aliphatic heterocycles. The Hall–Kier alpha value is -2.38. The summed E-state index contributed by atoms with van der Waals surface area (Å²) in [4.78, 5) is 21.0. The maximum atomic E-state index is 12.5. The number of nitrogens with one attached hydrogen (secondary N) is 1. The van der Waals surface area contributed by atoms with Crippen molar-refractivity contribution in [2.75, 3.05) is 11.1 Å². The summed E-state index contributed by atoms with van der Waals surface area (Å²) in [6, 6.07) is 5.36. The lowest BCUT2D eigenvalue weighted by atomic mass is 10.1. The lowest BCUT2D eigenvalue weighted by Gasteiger charge is -2.10. The van der Waals surface area contributed by atoms with Gasteiger partial charge in [0, 0.05) is 11.4 Å². The third-order valence-electron chi connectivity index (χ3n) is 3.54. The number of halogens is 2. The van der Waals surface area contributed by atoms with Gasteiger partial charge in [-0.25, -0.2) is 14.6 Å². The Labute approximate surface area is 157 Å². The molecule has 3 aromatic rings. The number of aryl methyl sites for hydroxylation is 1. The maximum absolute atomic E-state index is 12.5. The summed E-state index contributed by atoms with van der Waals surface area (Å²) in [6.07, 6.45) is 3.24. The number of carbonyl (C=O) groups excluding carboxylic acids is 1. The highest BCUT2D eigenvalue weighted by atomic mass is 35.5. The molecule has 0 aromatic carbocycles. The Morgan fingerprint density at radius 1 is 1.24 bits per heavy atom. The number of amides is 1.